The average molecular weight is 478 g/mol. The Morgan fingerprint density at radius 1 is 1.00 bits per heavy atom. The summed E-state index contributed by atoms with van der Waals surface area (Å²) in [4.78, 5) is 41.5. The second kappa shape index (κ2) is 11.6. The number of aromatic hydroxyl groups is 1. The van der Waals surface area contributed by atoms with Gasteiger partial charge in [-0.15, -0.1) is 0 Å². The van der Waals surface area contributed by atoms with Crippen LogP contribution in [-0.4, -0.2) is 51.1 Å². The Morgan fingerprint density at radius 2 is 1.53 bits per heavy atom. The zero-order valence-corrected chi connectivity index (χ0v) is 22.4. The van der Waals surface area contributed by atoms with Gasteiger partial charge in [0.1, 0.15) is 23.4 Å². The van der Waals surface area contributed by atoms with E-state index in [1.54, 1.807) is 32.9 Å². The number of nitrogens with zero attached hydrogens (tertiary/aromatic N) is 1. The lowest BCUT2D eigenvalue weighted by molar-refractivity contribution is -0.146. The van der Waals surface area contributed by atoms with Crippen molar-refractivity contribution in [2.45, 2.75) is 105 Å². The molecule has 8 heteroatoms. The van der Waals surface area contributed by atoms with E-state index in [0.717, 1.165) is 0 Å². The van der Waals surface area contributed by atoms with Gasteiger partial charge in [0.2, 0.25) is 11.8 Å². The van der Waals surface area contributed by atoms with Gasteiger partial charge in [-0.3, -0.25) is 9.59 Å². The molecule has 0 aromatic heterocycles. The predicted molar refractivity (Wildman–Crippen MR) is 133 cm³/mol. The molecule has 34 heavy (non-hydrogen) atoms. The predicted octanol–water partition coefficient (Wildman–Crippen LogP) is 4.52. The Morgan fingerprint density at radius 3 is 1.94 bits per heavy atom. The Balaban J connectivity index is 3.50. The number of carbonyl (C=O) groups is 3. The number of rotatable bonds is 8. The number of amides is 3. The molecule has 3 N–H and O–H groups in total. The number of phenols is 1. The molecule has 0 aliphatic carbocycles. The summed E-state index contributed by atoms with van der Waals surface area (Å²) < 4.78 is 5.40. The topological polar surface area (TPSA) is 108 Å². The molecule has 3 atom stereocenters. The van der Waals surface area contributed by atoms with Crippen LogP contribution in [0.4, 0.5) is 4.79 Å². The lowest BCUT2D eigenvalue weighted by Gasteiger charge is -2.39. The summed E-state index contributed by atoms with van der Waals surface area (Å²) in [6.07, 6.45) is -0.0499. The monoisotopic (exact) mass is 477 g/mol. The normalized spacial score (nSPS) is 14.7. The highest BCUT2D eigenvalue weighted by atomic mass is 16.6. The van der Waals surface area contributed by atoms with E-state index in [1.807, 2.05) is 48.5 Å². The van der Waals surface area contributed by atoms with Gasteiger partial charge < -0.3 is 25.4 Å². The highest BCUT2D eigenvalue weighted by molar-refractivity contribution is 5.92. The van der Waals surface area contributed by atoms with Gasteiger partial charge in [-0.2, -0.15) is 0 Å². The first-order chi connectivity index (χ1) is 15.5. The summed E-state index contributed by atoms with van der Waals surface area (Å²) in [5.74, 6) is -0.865. The summed E-state index contributed by atoms with van der Waals surface area (Å²) in [5, 5.41) is 15.5. The van der Waals surface area contributed by atoms with Crippen LogP contribution in [0.1, 0.15) is 87.3 Å². The van der Waals surface area contributed by atoms with E-state index in [1.165, 1.54) is 17.0 Å². The quantitative estimate of drug-likeness (QED) is 0.510. The molecule has 0 aliphatic heterocycles. The Bertz CT molecular complexity index is 837. The Hall–Kier alpha value is -2.77. The summed E-state index contributed by atoms with van der Waals surface area (Å²) in [7, 11) is 0. The summed E-state index contributed by atoms with van der Waals surface area (Å²) in [6, 6.07) is 4.03. The van der Waals surface area contributed by atoms with E-state index in [0.29, 0.717) is 12.0 Å². The molecule has 0 saturated heterocycles. The number of hydrogen-bond donors (Lipinski definition) is 3. The number of ether oxygens (including phenoxy) is 1. The van der Waals surface area contributed by atoms with Gasteiger partial charge >= 0.3 is 6.09 Å². The van der Waals surface area contributed by atoms with Crippen LogP contribution in [0.3, 0.4) is 0 Å². The summed E-state index contributed by atoms with van der Waals surface area (Å²) >= 11 is 0. The van der Waals surface area contributed by atoms with Gasteiger partial charge in [0, 0.05) is 11.6 Å². The minimum absolute atomic E-state index is 0.0604. The van der Waals surface area contributed by atoms with Crippen LogP contribution >= 0.6 is 0 Å². The van der Waals surface area contributed by atoms with E-state index < -0.39 is 29.3 Å². The standard InChI is InChI=1S/C26H43N3O5/c1-11-17(4)20(27-24(33)34-26(8,9)10)23(32)29(16(2)3)21(22(31)28-25(5,6)7)18-12-14-19(30)15-13-18/h12-17,20-21,30H,11H2,1-10H3,(H,27,33)(H,28,31). The summed E-state index contributed by atoms with van der Waals surface area (Å²) in [6.45, 7) is 18.3. The maximum atomic E-state index is 14.0. The van der Waals surface area contributed by atoms with E-state index >= 15 is 0 Å². The third-order valence-corrected chi connectivity index (χ3v) is 5.20. The zero-order chi connectivity index (χ0) is 26.4. The molecule has 0 bridgehead atoms. The Labute approximate surface area is 204 Å². The van der Waals surface area contributed by atoms with Gasteiger partial charge in [-0.05, 0) is 79.0 Å². The molecule has 0 aliphatic rings. The van der Waals surface area contributed by atoms with Crippen molar-refractivity contribution in [3.8, 4) is 5.75 Å². The van der Waals surface area contributed by atoms with Crippen LogP contribution in [0.25, 0.3) is 0 Å². The minimum Gasteiger partial charge on any atom is -0.508 e. The van der Waals surface area contributed by atoms with Crippen LogP contribution in [0.2, 0.25) is 0 Å². The molecule has 0 saturated carbocycles. The fourth-order valence-electron chi connectivity index (χ4n) is 3.49. The van der Waals surface area contributed by atoms with Crippen LogP contribution < -0.4 is 10.6 Å². The smallest absolute Gasteiger partial charge is 0.408 e. The number of nitrogens with one attached hydrogen (secondary N) is 2. The molecule has 8 nitrogen and oxygen atoms in total. The summed E-state index contributed by atoms with van der Waals surface area (Å²) in [5.41, 5.74) is -0.684. The van der Waals surface area contributed by atoms with Crippen molar-refractivity contribution >= 4 is 17.9 Å². The maximum absolute atomic E-state index is 14.0. The van der Waals surface area contributed by atoms with Crippen molar-refractivity contribution in [1.82, 2.24) is 15.5 Å². The van der Waals surface area contributed by atoms with Gasteiger partial charge in [0.25, 0.3) is 0 Å². The molecule has 0 fully saturated rings. The molecular weight excluding hydrogens is 434 g/mol. The number of carbonyl (C=O) groups excluding carboxylic acids is 3. The SMILES string of the molecule is CCC(C)C(NC(=O)OC(C)(C)C)C(=O)N(C(C)C)C(C(=O)NC(C)(C)C)c1ccc(O)cc1. The second-order valence-electron chi connectivity index (χ2n) is 11.1. The van der Waals surface area contributed by atoms with E-state index in [4.69, 9.17) is 4.74 Å². The maximum Gasteiger partial charge on any atom is 0.408 e. The van der Waals surface area contributed by atoms with Crippen molar-refractivity contribution in [3.05, 3.63) is 29.8 Å². The lowest BCUT2D eigenvalue weighted by Crippen LogP contribution is -2.58. The molecule has 0 radical (unpaired) electrons. The van der Waals surface area contributed by atoms with Gasteiger partial charge in [0.05, 0.1) is 0 Å². The molecule has 3 amide bonds. The zero-order valence-electron chi connectivity index (χ0n) is 22.4. The number of benzene rings is 1. The fraction of sp³-hybridized carbons (Fsp3) is 0.654. The van der Waals surface area contributed by atoms with Crippen LogP contribution in [0.15, 0.2) is 24.3 Å². The van der Waals surface area contributed by atoms with Gasteiger partial charge in [-0.25, -0.2) is 4.79 Å². The van der Waals surface area contributed by atoms with Gasteiger partial charge in [0.15, 0.2) is 0 Å². The lowest BCUT2D eigenvalue weighted by atomic mass is 9.94. The highest BCUT2D eigenvalue weighted by Crippen LogP contribution is 2.28. The molecule has 3 unspecified atom stereocenters. The molecule has 1 aromatic rings. The average Bonchev–Trinajstić information content (AvgIpc) is 2.67. The second-order valence-corrected chi connectivity index (χ2v) is 11.1. The molecular formula is C26H43N3O5. The largest absolute Gasteiger partial charge is 0.508 e. The van der Waals surface area contributed by atoms with Crippen molar-refractivity contribution in [1.29, 1.82) is 0 Å². The minimum atomic E-state index is -0.959. The van der Waals surface area contributed by atoms with Crippen molar-refractivity contribution in [2.24, 2.45) is 5.92 Å². The Kier molecular flexibility index (Phi) is 9.97. The first-order valence-electron chi connectivity index (χ1n) is 11.9. The number of alkyl carbamates (subject to hydrolysis) is 1. The third kappa shape index (κ3) is 8.88. The van der Waals surface area contributed by atoms with Crippen LogP contribution in [0, 0.1) is 5.92 Å². The third-order valence-electron chi connectivity index (χ3n) is 5.20. The molecule has 0 heterocycles. The van der Waals surface area contributed by atoms with E-state index in [9.17, 15) is 19.5 Å². The van der Waals surface area contributed by atoms with Crippen molar-refractivity contribution in [3.63, 3.8) is 0 Å². The highest BCUT2D eigenvalue weighted by Gasteiger charge is 2.40. The number of hydrogen-bond acceptors (Lipinski definition) is 5. The van der Waals surface area contributed by atoms with E-state index in [2.05, 4.69) is 10.6 Å². The van der Waals surface area contributed by atoms with Gasteiger partial charge in [-0.1, -0.05) is 32.4 Å². The molecule has 1 rings (SSSR count). The molecule has 1 aromatic carbocycles. The van der Waals surface area contributed by atoms with Crippen LogP contribution in [-0.2, 0) is 14.3 Å². The first-order valence-corrected chi connectivity index (χ1v) is 11.9. The van der Waals surface area contributed by atoms with Crippen molar-refractivity contribution < 1.29 is 24.2 Å². The molecule has 192 valence electrons. The van der Waals surface area contributed by atoms with Crippen molar-refractivity contribution in [2.75, 3.05) is 0 Å². The van der Waals surface area contributed by atoms with E-state index in [-0.39, 0.29) is 29.5 Å². The molecule has 0 spiro atoms. The first kappa shape index (κ1) is 29.3. The number of phenolic OH excluding ortho intramolecular Hbond substituents is 1. The van der Waals surface area contributed by atoms with Crippen LogP contribution in [0.5, 0.6) is 5.75 Å². The fourth-order valence-corrected chi connectivity index (χ4v) is 3.49.